The van der Waals surface area contributed by atoms with Crippen LogP contribution in [0.1, 0.15) is 26.5 Å². The van der Waals surface area contributed by atoms with E-state index in [0.717, 1.165) is 18.0 Å². The number of aryl methyl sites for hydroxylation is 1. The Morgan fingerprint density at radius 2 is 2.06 bits per heavy atom. The van der Waals surface area contributed by atoms with Gasteiger partial charge in [0.25, 0.3) is 0 Å². The summed E-state index contributed by atoms with van der Waals surface area (Å²) in [6.45, 7) is 9.64. The molecule has 4 heteroatoms. The Morgan fingerprint density at radius 1 is 1.33 bits per heavy atom. The van der Waals surface area contributed by atoms with Crippen LogP contribution >= 0.6 is 0 Å². The minimum absolute atomic E-state index is 0.0151. The normalized spacial score (nSPS) is 13.4. The van der Waals surface area contributed by atoms with Gasteiger partial charge in [0.05, 0.1) is 12.8 Å². The fraction of sp³-hybridized carbons (Fsp3) is 0.643. The zero-order valence-corrected chi connectivity index (χ0v) is 12.0. The van der Waals surface area contributed by atoms with Crippen LogP contribution in [0, 0.1) is 6.92 Å². The Hall–Kier alpha value is -1.13. The van der Waals surface area contributed by atoms with E-state index >= 15 is 0 Å². The first-order valence-corrected chi connectivity index (χ1v) is 6.24. The molecule has 1 aromatic rings. The molecule has 1 unspecified atom stereocenters. The van der Waals surface area contributed by atoms with Crippen LogP contribution in [-0.4, -0.2) is 36.9 Å². The van der Waals surface area contributed by atoms with Gasteiger partial charge in [-0.1, -0.05) is 0 Å². The molecule has 0 aliphatic carbocycles. The van der Waals surface area contributed by atoms with E-state index in [-0.39, 0.29) is 11.6 Å². The molecule has 0 aliphatic rings. The Morgan fingerprint density at radius 3 is 2.56 bits per heavy atom. The minimum atomic E-state index is -0.0151. The molecule has 4 nitrogen and oxygen atoms in total. The van der Waals surface area contributed by atoms with Crippen molar-refractivity contribution in [2.45, 2.75) is 39.3 Å². The summed E-state index contributed by atoms with van der Waals surface area (Å²) < 4.78 is 11.0. The summed E-state index contributed by atoms with van der Waals surface area (Å²) in [4.78, 5) is 4.21. The van der Waals surface area contributed by atoms with Crippen LogP contribution in [0.5, 0.6) is 5.75 Å². The van der Waals surface area contributed by atoms with Crippen LogP contribution in [0.2, 0.25) is 0 Å². The van der Waals surface area contributed by atoms with Gasteiger partial charge in [0.2, 0.25) is 0 Å². The predicted octanol–water partition coefficient (Wildman–Crippen LogP) is 2.17. The maximum absolute atomic E-state index is 5.86. The Balaban J connectivity index is 2.54. The highest BCUT2D eigenvalue weighted by atomic mass is 16.5. The van der Waals surface area contributed by atoms with Crippen molar-refractivity contribution in [3.8, 4) is 5.75 Å². The lowest BCUT2D eigenvalue weighted by molar-refractivity contribution is 0.0762. The highest BCUT2D eigenvalue weighted by Crippen LogP contribution is 2.11. The van der Waals surface area contributed by atoms with Crippen molar-refractivity contribution in [3.63, 3.8) is 0 Å². The number of hydrogen-bond donors (Lipinski definition) is 1. The third-order valence-corrected chi connectivity index (χ3v) is 2.40. The van der Waals surface area contributed by atoms with Gasteiger partial charge in [0.1, 0.15) is 11.9 Å². The van der Waals surface area contributed by atoms with Crippen LogP contribution in [0.3, 0.4) is 0 Å². The number of aromatic nitrogens is 1. The molecule has 0 aromatic carbocycles. The van der Waals surface area contributed by atoms with E-state index in [1.54, 1.807) is 13.3 Å². The molecule has 1 aromatic heterocycles. The van der Waals surface area contributed by atoms with Crippen LogP contribution in [-0.2, 0) is 4.74 Å². The zero-order valence-electron chi connectivity index (χ0n) is 12.0. The third kappa shape index (κ3) is 5.98. The first-order valence-electron chi connectivity index (χ1n) is 6.24. The zero-order chi connectivity index (χ0) is 13.6. The van der Waals surface area contributed by atoms with Crippen LogP contribution in [0.15, 0.2) is 18.3 Å². The molecule has 1 N–H and O–H groups in total. The molecule has 1 atom stereocenters. The van der Waals surface area contributed by atoms with Crippen LogP contribution in [0.25, 0.3) is 0 Å². The summed E-state index contributed by atoms with van der Waals surface area (Å²) >= 11 is 0. The number of nitrogens with one attached hydrogen (secondary N) is 1. The molecule has 0 fully saturated rings. The second-order valence-corrected chi connectivity index (χ2v) is 5.46. The summed E-state index contributed by atoms with van der Waals surface area (Å²) in [5.74, 6) is 0.776. The lowest BCUT2D eigenvalue weighted by Gasteiger charge is -2.25. The summed E-state index contributed by atoms with van der Waals surface area (Å²) in [5.41, 5.74) is 1.05. The highest BCUT2D eigenvalue weighted by Gasteiger charge is 2.15. The maximum Gasteiger partial charge on any atom is 0.138 e. The molecule has 0 bridgehead atoms. The number of nitrogens with zero attached hydrogens (tertiary/aromatic N) is 1. The molecule has 1 heterocycles. The molecule has 0 aliphatic heterocycles. The SMILES string of the molecule is COCC(CNC(C)(C)C)Oc1ccc(C)nc1. The van der Waals surface area contributed by atoms with Crippen LogP contribution < -0.4 is 10.1 Å². The molecule has 0 saturated heterocycles. The van der Waals surface area contributed by atoms with Gasteiger partial charge in [-0.25, -0.2) is 0 Å². The molecule has 18 heavy (non-hydrogen) atoms. The van der Waals surface area contributed by atoms with E-state index in [4.69, 9.17) is 9.47 Å². The molecule has 0 spiro atoms. The summed E-state index contributed by atoms with van der Waals surface area (Å²) in [6.07, 6.45) is 1.73. The van der Waals surface area contributed by atoms with Gasteiger partial charge in [-0.05, 0) is 39.8 Å². The summed E-state index contributed by atoms with van der Waals surface area (Å²) in [5, 5.41) is 3.41. The second kappa shape index (κ2) is 6.71. The number of methoxy groups -OCH3 is 1. The first kappa shape index (κ1) is 14.9. The number of rotatable bonds is 6. The average Bonchev–Trinajstić information content (AvgIpc) is 2.28. The van der Waals surface area contributed by atoms with E-state index in [9.17, 15) is 0 Å². The van der Waals surface area contributed by atoms with E-state index in [0.29, 0.717) is 6.61 Å². The molecule has 0 saturated carbocycles. The smallest absolute Gasteiger partial charge is 0.138 e. The summed E-state index contributed by atoms with van der Waals surface area (Å²) in [7, 11) is 1.68. The van der Waals surface area contributed by atoms with E-state index < -0.39 is 0 Å². The van der Waals surface area contributed by atoms with Crippen molar-refractivity contribution >= 4 is 0 Å². The van der Waals surface area contributed by atoms with Gasteiger partial charge >= 0.3 is 0 Å². The Bertz CT molecular complexity index is 344. The molecule has 1 rings (SSSR count). The fourth-order valence-electron chi connectivity index (χ4n) is 1.46. The van der Waals surface area contributed by atoms with Crippen molar-refractivity contribution in [1.82, 2.24) is 10.3 Å². The number of hydrogen-bond acceptors (Lipinski definition) is 4. The monoisotopic (exact) mass is 252 g/mol. The predicted molar refractivity (Wildman–Crippen MR) is 73.0 cm³/mol. The quantitative estimate of drug-likeness (QED) is 0.842. The van der Waals surface area contributed by atoms with Gasteiger partial charge < -0.3 is 14.8 Å². The van der Waals surface area contributed by atoms with Gasteiger partial charge in [-0.15, -0.1) is 0 Å². The Labute approximate surface area is 110 Å². The van der Waals surface area contributed by atoms with Crippen molar-refractivity contribution in [1.29, 1.82) is 0 Å². The maximum atomic E-state index is 5.86. The van der Waals surface area contributed by atoms with E-state index in [2.05, 4.69) is 31.1 Å². The number of pyridine rings is 1. The topological polar surface area (TPSA) is 43.4 Å². The largest absolute Gasteiger partial charge is 0.485 e. The molecule has 102 valence electrons. The summed E-state index contributed by atoms with van der Waals surface area (Å²) in [6, 6.07) is 3.87. The molecular weight excluding hydrogens is 228 g/mol. The van der Waals surface area contributed by atoms with Crippen molar-refractivity contribution in [3.05, 3.63) is 24.0 Å². The minimum Gasteiger partial charge on any atom is -0.485 e. The third-order valence-electron chi connectivity index (χ3n) is 2.40. The van der Waals surface area contributed by atoms with Gasteiger partial charge in [0.15, 0.2) is 0 Å². The highest BCUT2D eigenvalue weighted by molar-refractivity contribution is 5.19. The Kier molecular flexibility index (Phi) is 5.56. The van der Waals surface area contributed by atoms with Gasteiger partial charge in [0, 0.05) is 24.9 Å². The first-order chi connectivity index (χ1) is 8.40. The fourth-order valence-corrected chi connectivity index (χ4v) is 1.46. The lowest BCUT2D eigenvalue weighted by Crippen LogP contribution is -2.44. The standard InChI is InChI=1S/C14H24N2O2/c1-11-6-7-12(8-15-11)18-13(10-17-5)9-16-14(2,3)4/h6-8,13,16H,9-10H2,1-5H3. The van der Waals surface area contributed by atoms with Gasteiger partial charge in [-0.3, -0.25) is 4.98 Å². The van der Waals surface area contributed by atoms with Crippen molar-refractivity contribution < 1.29 is 9.47 Å². The van der Waals surface area contributed by atoms with E-state index in [1.807, 2.05) is 19.1 Å². The lowest BCUT2D eigenvalue weighted by atomic mass is 10.1. The molecular formula is C14H24N2O2. The average molecular weight is 252 g/mol. The van der Waals surface area contributed by atoms with Crippen molar-refractivity contribution in [2.24, 2.45) is 0 Å². The molecule has 0 amide bonds. The van der Waals surface area contributed by atoms with E-state index in [1.165, 1.54) is 0 Å². The van der Waals surface area contributed by atoms with Gasteiger partial charge in [-0.2, -0.15) is 0 Å². The van der Waals surface area contributed by atoms with Crippen molar-refractivity contribution in [2.75, 3.05) is 20.3 Å². The van der Waals surface area contributed by atoms with Crippen LogP contribution in [0.4, 0.5) is 0 Å². The number of ether oxygens (including phenoxy) is 2. The molecule has 0 radical (unpaired) electrons. The second-order valence-electron chi connectivity index (χ2n) is 5.46.